The molecule has 38 heavy (non-hydrogen) atoms. The van der Waals surface area contributed by atoms with Gasteiger partial charge in [0, 0.05) is 40.3 Å². The fourth-order valence-electron chi connectivity index (χ4n) is 5.78. The third-order valence-electron chi connectivity index (χ3n) is 7.60. The number of aryl methyl sites for hydroxylation is 1. The minimum Gasteiger partial charge on any atom is -0.434 e. The van der Waals surface area contributed by atoms with Crippen LogP contribution in [0.5, 0.6) is 5.75 Å². The Hall–Kier alpha value is -3.14. The molecule has 1 aromatic carbocycles. The largest absolute Gasteiger partial charge is 0.434 e. The van der Waals surface area contributed by atoms with Crippen molar-refractivity contribution in [2.24, 2.45) is 5.92 Å². The molecule has 3 heterocycles. The number of ether oxygens (including phenoxy) is 1. The number of carbonyl (C=O) groups is 1. The lowest BCUT2D eigenvalue weighted by Gasteiger charge is -2.36. The van der Waals surface area contributed by atoms with E-state index in [1.54, 1.807) is 11.8 Å². The van der Waals surface area contributed by atoms with E-state index >= 15 is 0 Å². The van der Waals surface area contributed by atoms with Gasteiger partial charge in [0.25, 0.3) is 12.0 Å². The summed E-state index contributed by atoms with van der Waals surface area (Å²) in [5.74, 6) is -0.152. The number of piperidine rings is 1. The van der Waals surface area contributed by atoms with Crippen molar-refractivity contribution in [3.05, 3.63) is 63.2 Å². The van der Waals surface area contributed by atoms with Crippen molar-refractivity contribution in [1.82, 2.24) is 14.5 Å². The highest BCUT2D eigenvalue weighted by atomic mass is 19.3. The highest BCUT2D eigenvalue weighted by Crippen LogP contribution is 2.36. The molecule has 2 aromatic heterocycles. The number of aromatic nitrogens is 2. The van der Waals surface area contributed by atoms with Gasteiger partial charge < -0.3 is 14.3 Å². The van der Waals surface area contributed by atoms with Gasteiger partial charge in [-0.1, -0.05) is 18.2 Å². The van der Waals surface area contributed by atoms with E-state index in [1.165, 1.54) is 6.07 Å². The van der Waals surface area contributed by atoms with Crippen LogP contribution in [0.2, 0.25) is 0 Å². The van der Waals surface area contributed by atoms with Crippen molar-refractivity contribution in [1.29, 1.82) is 0 Å². The number of H-pyrrole nitrogens is 1. The Morgan fingerprint density at radius 2 is 1.82 bits per heavy atom. The Labute approximate surface area is 218 Å². The Bertz CT molecular complexity index is 1340. The lowest BCUT2D eigenvalue weighted by atomic mass is 9.90. The standard InChI is InChI=1S/C28H33F4N3O3/c1-16-14-24(38-28(31)32)21(27(37)33-16)8-9-23(36)26-18(3)35(22-7-5-4-6-20(22)26)17(2)19-10-12-34(13-11-19)15-25(29)30/h4-7,14,17,19,25,28H,8-13,15H2,1-3H3,(H,33,37)/t17-/m1/s1. The molecule has 1 aliphatic heterocycles. The van der Waals surface area contributed by atoms with Crippen LogP contribution in [-0.2, 0) is 6.42 Å². The van der Waals surface area contributed by atoms with Crippen LogP contribution >= 0.6 is 0 Å². The first-order valence-corrected chi connectivity index (χ1v) is 12.9. The van der Waals surface area contributed by atoms with Gasteiger partial charge in [0.15, 0.2) is 5.78 Å². The highest BCUT2D eigenvalue weighted by molar-refractivity contribution is 6.09. The van der Waals surface area contributed by atoms with Crippen molar-refractivity contribution in [3.8, 4) is 5.75 Å². The molecular weight excluding hydrogens is 502 g/mol. The predicted octanol–water partition coefficient (Wildman–Crippen LogP) is 5.90. The van der Waals surface area contributed by atoms with E-state index in [0.717, 1.165) is 29.4 Å². The molecule has 10 heteroatoms. The van der Waals surface area contributed by atoms with E-state index in [2.05, 4.69) is 21.2 Å². The fraction of sp³-hybridized carbons (Fsp3) is 0.500. The Kier molecular flexibility index (Phi) is 8.60. The number of carbonyl (C=O) groups excluding carboxylic acids is 1. The molecule has 0 aliphatic carbocycles. The van der Waals surface area contributed by atoms with Crippen LogP contribution in [0.1, 0.15) is 59.5 Å². The number of alkyl halides is 4. The zero-order chi connectivity index (χ0) is 27.6. The molecule has 0 radical (unpaired) electrons. The first-order chi connectivity index (χ1) is 18.1. The van der Waals surface area contributed by atoms with Crippen LogP contribution in [-0.4, -0.2) is 52.9 Å². The third-order valence-corrected chi connectivity index (χ3v) is 7.60. The number of hydrogen-bond donors (Lipinski definition) is 1. The van der Waals surface area contributed by atoms with Gasteiger partial charge in [0.1, 0.15) is 5.75 Å². The number of rotatable bonds is 10. The summed E-state index contributed by atoms with van der Waals surface area (Å²) in [7, 11) is 0. The predicted molar refractivity (Wildman–Crippen MR) is 138 cm³/mol. The van der Waals surface area contributed by atoms with E-state index in [4.69, 9.17) is 0 Å². The molecule has 0 saturated carbocycles. The lowest BCUT2D eigenvalue weighted by Crippen LogP contribution is -2.38. The molecule has 4 rings (SSSR count). The molecule has 1 saturated heterocycles. The maximum atomic E-state index is 13.5. The summed E-state index contributed by atoms with van der Waals surface area (Å²) < 4.78 is 58.2. The van der Waals surface area contributed by atoms with Gasteiger partial charge in [-0.25, -0.2) is 8.78 Å². The molecule has 206 valence electrons. The zero-order valence-corrected chi connectivity index (χ0v) is 21.8. The second-order valence-electron chi connectivity index (χ2n) is 10.0. The number of ketones is 1. The first-order valence-electron chi connectivity index (χ1n) is 12.9. The van der Waals surface area contributed by atoms with Gasteiger partial charge in [-0.3, -0.25) is 14.5 Å². The maximum absolute atomic E-state index is 13.5. The molecule has 0 unspecified atom stereocenters. The highest BCUT2D eigenvalue weighted by Gasteiger charge is 2.30. The van der Waals surface area contributed by atoms with Crippen molar-refractivity contribution in [2.75, 3.05) is 19.6 Å². The van der Waals surface area contributed by atoms with E-state index in [1.807, 2.05) is 31.2 Å². The van der Waals surface area contributed by atoms with Gasteiger partial charge in [-0.2, -0.15) is 8.78 Å². The minimum atomic E-state index is -3.09. The van der Waals surface area contributed by atoms with Crippen molar-refractivity contribution < 1.29 is 27.1 Å². The second-order valence-corrected chi connectivity index (χ2v) is 10.0. The van der Waals surface area contributed by atoms with Gasteiger partial charge in [-0.15, -0.1) is 0 Å². The summed E-state index contributed by atoms with van der Waals surface area (Å²) in [5, 5.41) is 0.791. The molecule has 1 fully saturated rings. The van der Waals surface area contributed by atoms with Crippen molar-refractivity contribution >= 4 is 16.7 Å². The number of Topliss-reactive ketones (excluding diaryl/α,β-unsaturated/α-hetero) is 1. The molecule has 3 aromatic rings. The van der Waals surface area contributed by atoms with Crippen molar-refractivity contribution in [3.63, 3.8) is 0 Å². The third kappa shape index (κ3) is 5.95. The number of para-hydroxylation sites is 1. The second kappa shape index (κ2) is 11.7. The quantitative estimate of drug-likeness (QED) is 0.259. The Balaban J connectivity index is 1.59. The zero-order valence-electron chi connectivity index (χ0n) is 21.8. The molecular formula is C28H33F4N3O3. The van der Waals surface area contributed by atoms with E-state index in [0.29, 0.717) is 24.3 Å². The molecule has 1 N–H and O–H groups in total. The summed E-state index contributed by atoms with van der Waals surface area (Å²) in [5.41, 5.74) is 2.08. The van der Waals surface area contributed by atoms with Crippen LogP contribution in [0.25, 0.3) is 10.9 Å². The van der Waals surface area contributed by atoms with Crippen LogP contribution in [0.3, 0.4) is 0 Å². The monoisotopic (exact) mass is 535 g/mol. The normalized spacial score (nSPS) is 16.0. The van der Waals surface area contributed by atoms with Gasteiger partial charge in [0.05, 0.1) is 12.1 Å². The molecule has 0 spiro atoms. The minimum absolute atomic E-state index is 0.00886. The van der Waals surface area contributed by atoms with Crippen LogP contribution in [0, 0.1) is 19.8 Å². The van der Waals surface area contributed by atoms with E-state index in [9.17, 15) is 27.2 Å². The van der Waals surface area contributed by atoms with Crippen molar-refractivity contribution in [2.45, 2.75) is 65.5 Å². The summed E-state index contributed by atoms with van der Waals surface area (Å²) in [4.78, 5) is 30.4. The summed E-state index contributed by atoms with van der Waals surface area (Å²) in [6.07, 6.45) is -0.880. The Morgan fingerprint density at radius 3 is 2.47 bits per heavy atom. The summed E-state index contributed by atoms with van der Waals surface area (Å²) in [6, 6.07) is 8.98. The van der Waals surface area contributed by atoms with Gasteiger partial charge >= 0.3 is 6.61 Å². The number of halogens is 4. The Morgan fingerprint density at radius 1 is 1.13 bits per heavy atom. The SMILES string of the molecule is Cc1cc(OC(F)F)c(CCC(=O)c2c(C)n([C@H](C)C3CCN(CC(F)F)CC3)c3ccccc23)c(=O)[nH]1. The summed E-state index contributed by atoms with van der Waals surface area (Å²) in [6.45, 7) is 3.47. The number of nitrogens with one attached hydrogen (secondary N) is 1. The lowest BCUT2D eigenvalue weighted by molar-refractivity contribution is -0.0505. The number of hydrogen-bond acceptors (Lipinski definition) is 4. The van der Waals surface area contributed by atoms with Gasteiger partial charge in [0.2, 0.25) is 0 Å². The van der Waals surface area contributed by atoms with E-state index in [-0.39, 0.29) is 48.4 Å². The number of aromatic amines is 1. The fourth-order valence-corrected chi connectivity index (χ4v) is 5.78. The number of fused-ring (bicyclic) bond motifs is 1. The van der Waals surface area contributed by atoms with Crippen LogP contribution < -0.4 is 10.3 Å². The number of pyridine rings is 1. The molecule has 6 nitrogen and oxygen atoms in total. The van der Waals surface area contributed by atoms with Crippen LogP contribution in [0.15, 0.2) is 35.1 Å². The van der Waals surface area contributed by atoms with Crippen LogP contribution in [0.4, 0.5) is 17.6 Å². The number of nitrogens with zero attached hydrogens (tertiary/aromatic N) is 2. The first kappa shape index (κ1) is 27.9. The maximum Gasteiger partial charge on any atom is 0.387 e. The van der Waals surface area contributed by atoms with E-state index < -0.39 is 18.6 Å². The number of benzene rings is 1. The molecule has 0 bridgehead atoms. The summed E-state index contributed by atoms with van der Waals surface area (Å²) >= 11 is 0. The average molecular weight is 536 g/mol. The molecule has 1 atom stereocenters. The average Bonchev–Trinajstić information content (AvgIpc) is 3.14. The number of likely N-dealkylation sites (tertiary alicyclic amines) is 1. The smallest absolute Gasteiger partial charge is 0.387 e. The molecule has 0 amide bonds. The topological polar surface area (TPSA) is 67.3 Å². The van der Waals surface area contributed by atoms with Gasteiger partial charge in [-0.05, 0) is 71.2 Å². The molecule has 1 aliphatic rings.